The largest absolute Gasteiger partial charge is 0.497 e. The van der Waals surface area contributed by atoms with Gasteiger partial charge in [-0.05, 0) is 49.5 Å². The van der Waals surface area contributed by atoms with Crippen LogP contribution in [0.1, 0.15) is 24.8 Å². The SMILES string of the molecule is C=CCN(Cc1ccc(OC)cc1)C(=O)CCC1CCNC1.Cl. The van der Waals surface area contributed by atoms with Crippen molar-refractivity contribution in [2.75, 3.05) is 26.7 Å². The van der Waals surface area contributed by atoms with Crippen LogP contribution in [0, 0.1) is 5.92 Å². The van der Waals surface area contributed by atoms with Crippen molar-refractivity contribution in [3.63, 3.8) is 0 Å². The third-order valence-electron chi connectivity index (χ3n) is 4.16. The van der Waals surface area contributed by atoms with Crippen molar-refractivity contribution in [1.29, 1.82) is 0 Å². The normalized spacial score (nSPS) is 16.5. The number of hydrogen-bond donors (Lipinski definition) is 1. The van der Waals surface area contributed by atoms with Crippen LogP contribution in [0.4, 0.5) is 0 Å². The Balaban J connectivity index is 0.00000264. The molecule has 0 spiro atoms. The summed E-state index contributed by atoms with van der Waals surface area (Å²) >= 11 is 0. The second-order valence-electron chi connectivity index (χ2n) is 5.81. The molecule has 1 heterocycles. The first-order valence-corrected chi connectivity index (χ1v) is 7.95. The summed E-state index contributed by atoms with van der Waals surface area (Å²) < 4.78 is 5.16. The van der Waals surface area contributed by atoms with Gasteiger partial charge in [0.15, 0.2) is 0 Å². The Labute approximate surface area is 145 Å². The van der Waals surface area contributed by atoms with E-state index in [4.69, 9.17) is 4.74 Å². The molecule has 1 aromatic carbocycles. The topological polar surface area (TPSA) is 41.6 Å². The van der Waals surface area contributed by atoms with E-state index in [1.807, 2.05) is 29.2 Å². The van der Waals surface area contributed by atoms with Gasteiger partial charge in [-0.2, -0.15) is 0 Å². The van der Waals surface area contributed by atoms with Crippen molar-refractivity contribution < 1.29 is 9.53 Å². The molecule has 4 nitrogen and oxygen atoms in total. The molecule has 1 saturated heterocycles. The molecule has 0 aromatic heterocycles. The van der Waals surface area contributed by atoms with Crippen molar-refractivity contribution in [2.45, 2.75) is 25.8 Å². The van der Waals surface area contributed by atoms with Crippen LogP contribution in [-0.4, -0.2) is 37.6 Å². The number of hydrogen-bond acceptors (Lipinski definition) is 3. The highest BCUT2D eigenvalue weighted by Gasteiger charge is 2.18. The van der Waals surface area contributed by atoms with Crippen molar-refractivity contribution in [1.82, 2.24) is 10.2 Å². The van der Waals surface area contributed by atoms with Crippen molar-refractivity contribution in [3.8, 4) is 5.75 Å². The van der Waals surface area contributed by atoms with Gasteiger partial charge in [-0.1, -0.05) is 18.2 Å². The smallest absolute Gasteiger partial charge is 0.223 e. The zero-order valence-corrected chi connectivity index (χ0v) is 14.6. The van der Waals surface area contributed by atoms with E-state index in [-0.39, 0.29) is 18.3 Å². The highest BCUT2D eigenvalue weighted by Crippen LogP contribution is 2.17. The van der Waals surface area contributed by atoms with Crippen LogP contribution in [-0.2, 0) is 11.3 Å². The van der Waals surface area contributed by atoms with E-state index in [0.29, 0.717) is 25.4 Å². The van der Waals surface area contributed by atoms with Gasteiger partial charge in [0.05, 0.1) is 7.11 Å². The monoisotopic (exact) mass is 338 g/mol. The van der Waals surface area contributed by atoms with Crippen LogP contribution in [0.3, 0.4) is 0 Å². The molecule has 1 amide bonds. The third-order valence-corrected chi connectivity index (χ3v) is 4.16. The number of methoxy groups -OCH3 is 1. The highest BCUT2D eigenvalue weighted by molar-refractivity contribution is 5.85. The molecule has 2 rings (SSSR count). The van der Waals surface area contributed by atoms with Gasteiger partial charge in [0.2, 0.25) is 5.91 Å². The molecule has 128 valence electrons. The Kier molecular flexibility index (Phi) is 8.74. The molecule has 0 bridgehead atoms. The molecule has 1 aliphatic rings. The molecule has 1 N–H and O–H groups in total. The summed E-state index contributed by atoms with van der Waals surface area (Å²) in [4.78, 5) is 14.3. The lowest BCUT2D eigenvalue weighted by atomic mass is 10.0. The predicted molar refractivity (Wildman–Crippen MR) is 96.1 cm³/mol. The minimum atomic E-state index is 0. The van der Waals surface area contributed by atoms with Gasteiger partial charge in [-0.15, -0.1) is 19.0 Å². The Morgan fingerprint density at radius 3 is 2.74 bits per heavy atom. The lowest BCUT2D eigenvalue weighted by molar-refractivity contribution is -0.131. The first-order valence-electron chi connectivity index (χ1n) is 7.95. The third kappa shape index (κ3) is 6.24. The van der Waals surface area contributed by atoms with Crippen LogP contribution < -0.4 is 10.1 Å². The highest BCUT2D eigenvalue weighted by atomic mass is 35.5. The van der Waals surface area contributed by atoms with E-state index in [1.54, 1.807) is 13.2 Å². The Hall–Kier alpha value is -1.52. The number of nitrogens with zero attached hydrogens (tertiary/aromatic N) is 1. The van der Waals surface area contributed by atoms with Gasteiger partial charge in [-0.3, -0.25) is 4.79 Å². The molecule has 1 aliphatic heterocycles. The van der Waals surface area contributed by atoms with Crippen LogP contribution in [0.25, 0.3) is 0 Å². The maximum absolute atomic E-state index is 12.5. The summed E-state index contributed by atoms with van der Waals surface area (Å²) in [6.45, 7) is 7.11. The number of rotatable bonds is 8. The van der Waals surface area contributed by atoms with E-state index >= 15 is 0 Å². The molecule has 0 aliphatic carbocycles. The van der Waals surface area contributed by atoms with Crippen LogP contribution >= 0.6 is 12.4 Å². The van der Waals surface area contributed by atoms with Crippen LogP contribution in [0.5, 0.6) is 5.75 Å². The lowest BCUT2D eigenvalue weighted by Gasteiger charge is -2.22. The number of benzene rings is 1. The van der Waals surface area contributed by atoms with Gasteiger partial charge < -0.3 is 15.0 Å². The fourth-order valence-corrected chi connectivity index (χ4v) is 2.81. The first kappa shape index (κ1) is 19.5. The number of amides is 1. The average Bonchev–Trinajstić information content (AvgIpc) is 3.06. The molecule has 0 saturated carbocycles. The van der Waals surface area contributed by atoms with Gasteiger partial charge >= 0.3 is 0 Å². The molecule has 0 radical (unpaired) electrons. The minimum Gasteiger partial charge on any atom is -0.497 e. The number of carbonyl (C=O) groups is 1. The summed E-state index contributed by atoms with van der Waals surface area (Å²) in [5.74, 6) is 1.69. The zero-order chi connectivity index (χ0) is 15.8. The maximum Gasteiger partial charge on any atom is 0.223 e. The van der Waals surface area contributed by atoms with E-state index in [0.717, 1.165) is 30.8 Å². The average molecular weight is 339 g/mol. The summed E-state index contributed by atoms with van der Waals surface area (Å²) in [7, 11) is 1.65. The Bertz CT molecular complexity index is 484. The molecule has 1 atom stereocenters. The fraction of sp³-hybridized carbons (Fsp3) is 0.500. The summed E-state index contributed by atoms with van der Waals surface area (Å²) in [5.41, 5.74) is 1.11. The number of halogens is 1. The maximum atomic E-state index is 12.5. The van der Waals surface area contributed by atoms with Gasteiger partial charge in [0, 0.05) is 19.5 Å². The van der Waals surface area contributed by atoms with Gasteiger partial charge in [-0.25, -0.2) is 0 Å². The quantitative estimate of drug-likeness (QED) is 0.741. The predicted octanol–water partition coefficient (Wildman–Crippen LogP) is 3.02. The summed E-state index contributed by atoms with van der Waals surface area (Å²) in [5, 5.41) is 3.35. The molecule has 1 unspecified atom stereocenters. The Morgan fingerprint density at radius 1 is 1.43 bits per heavy atom. The van der Waals surface area contributed by atoms with Crippen LogP contribution in [0.2, 0.25) is 0 Å². The molecular weight excluding hydrogens is 312 g/mol. The summed E-state index contributed by atoms with van der Waals surface area (Å²) in [6, 6.07) is 7.86. The van der Waals surface area contributed by atoms with E-state index in [2.05, 4.69) is 11.9 Å². The van der Waals surface area contributed by atoms with Crippen molar-refractivity contribution in [3.05, 3.63) is 42.5 Å². The lowest BCUT2D eigenvalue weighted by Crippen LogP contribution is -2.31. The minimum absolute atomic E-state index is 0. The zero-order valence-electron chi connectivity index (χ0n) is 13.8. The van der Waals surface area contributed by atoms with E-state index < -0.39 is 0 Å². The van der Waals surface area contributed by atoms with Gasteiger partial charge in [0.1, 0.15) is 5.75 Å². The number of carbonyl (C=O) groups excluding carboxylic acids is 1. The Morgan fingerprint density at radius 2 is 2.17 bits per heavy atom. The van der Waals surface area contributed by atoms with Crippen LogP contribution in [0.15, 0.2) is 36.9 Å². The second kappa shape index (κ2) is 10.3. The van der Waals surface area contributed by atoms with Crippen molar-refractivity contribution in [2.24, 2.45) is 5.92 Å². The standard InChI is InChI=1S/C18H26N2O2.ClH/c1-3-12-20(14-16-4-7-17(22-2)8-5-16)18(21)9-6-15-10-11-19-13-15;/h3-5,7-8,15,19H,1,6,9-14H2,2H3;1H. The number of nitrogens with one attached hydrogen (secondary N) is 1. The molecule has 1 aromatic rings. The fourth-order valence-electron chi connectivity index (χ4n) is 2.81. The van der Waals surface area contributed by atoms with Gasteiger partial charge in [0.25, 0.3) is 0 Å². The summed E-state index contributed by atoms with van der Waals surface area (Å²) in [6.07, 6.45) is 4.57. The van der Waals surface area contributed by atoms with E-state index in [1.165, 1.54) is 6.42 Å². The van der Waals surface area contributed by atoms with E-state index in [9.17, 15) is 4.79 Å². The first-order chi connectivity index (χ1) is 10.7. The molecule has 23 heavy (non-hydrogen) atoms. The second-order valence-corrected chi connectivity index (χ2v) is 5.81. The van der Waals surface area contributed by atoms with Crippen molar-refractivity contribution >= 4 is 18.3 Å². The molecular formula is C18H27ClN2O2. The molecule has 5 heteroatoms. The number of ether oxygens (including phenoxy) is 1. The molecule has 1 fully saturated rings.